The Morgan fingerprint density at radius 1 is 1.20 bits per heavy atom. The average Bonchev–Trinajstić information content (AvgIpc) is 2.92. The summed E-state index contributed by atoms with van der Waals surface area (Å²) in [6.07, 6.45) is 5.24. The van der Waals surface area contributed by atoms with Gasteiger partial charge in [0.05, 0.1) is 9.90 Å². The van der Waals surface area contributed by atoms with Crippen LogP contribution in [0.15, 0.2) is 24.3 Å². The molecule has 1 amide bonds. The third-order valence-corrected chi connectivity index (χ3v) is 6.09. The van der Waals surface area contributed by atoms with Crippen molar-refractivity contribution in [3.63, 3.8) is 0 Å². The fourth-order valence-electron chi connectivity index (χ4n) is 3.47. The summed E-state index contributed by atoms with van der Waals surface area (Å²) < 4.78 is 0.476. The van der Waals surface area contributed by atoms with E-state index in [-0.39, 0.29) is 17.4 Å². The Morgan fingerprint density at radius 2 is 1.88 bits per heavy atom. The number of benzene rings is 1. The van der Waals surface area contributed by atoms with Crippen LogP contribution in [0.4, 0.5) is 5.00 Å². The first kappa shape index (κ1) is 18.0. The molecule has 0 atom stereocenters. The fraction of sp³-hybridized carbons (Fsp3) is 0.368. The first-order valence-electron chi connectivity index (χ1n) is 8.41. The van der Waals surface area contributed by atoms with Crippen molar-refractivity contribution in [3.05, 3.63) is 50.9 Å². The van der Waals surface area contributed by atoms with Crippen LogP contribution in [0.1, 0.15) is 69.9 Å². The van der Waals surface area contributed by atoms with Gasteiger partial charge in [0.25, 0.3) is 5.91 Å². The van der Waals surface area contributed by atoms with E-state index in [4.69, 9.17) is 11.6 Å². The van der Waals surface area contributed by atoms with Gasteiger partial charge in [-0.3, -0.25) is 4.79 Å². The third-order valence-electron chi connectivity index (χ3n) is 4.74. The summed E-state index contributed by atoms with van der Waals surface area (Å²) in [5, 5.41) is 12.8. The van der Waals surface area contributed by atoms with Crippen LogP contribution < -0.4 is 5.32 Å². The largest absolute Gasteiger partial charge is 0.478 e. The number of nitrogens with one attached hydrogen (secondary N) is 1. The number of aryl methyl sites for hydroxylation is 1. The van der Waals surface area contributed by atoms with Gasteiger partial charge < -0.3 is 10.4 Å². The molecule has 0 radical (unpaired) electrons. The molecule has 4 nitrogen and oxygen atoms in total. The normalized spacial score (nSPS) is 15.1. The topological polar surface area (TPSA) is 66.4 Å². The van der Waals surface area contributed by atoms with Gasteiger partial charge in [-0.15, -0.1) is 11.3 Å². The number of aromatic carboxylic acids is 1. The molecule has 1 saturated carbocycles. The minimum absolute atomic E-state index is 0.156. The Morgan fingerprint density at radius 3 is 2.52 bits per heavy atom. The molecule has 0 unspecified atom stereocenters. The number of carboxylic acid groups (broad SMARTS) is 1. The highest BCUT2D eigenvalue weighted by Crippen LogP contribution is 2.46. The quantitative estimate of drug-likeness (QED) is 0.717. The van der Waals surface area contributed by atoms with E-state index >= 15 is 0 Å². The Hall–Kier alpha value is -1.85. The number of carbonyl (C=O) groups excluding carboxylic acids is 1. The number of amides is 1. The van der Waals surface area contributed by atoms with Gasteiger partial charge in [0.2, 0.25) is 0 Å². The average molecular weight is 378 g/mol. The molecule has 3 rings (SSSR count). The maximum Gasteiger partial charge on any atom is 0.339 e. The highest BCUT2D eigenvalue weighted by molar-refractivity contribution is 7.20. The second-order valence-electron chi connectivity index (χ2n) is 6.40. The zero-order chi connectivity index (χ0) is 18.0. The van der Waals surface area contributed by atoms with Gasteiger partial charge >= 0.3 is 5.97 Å². The number of hydrogen-bond acceptors (Lipinski definition) is 3. The molecule has 1 aromatic carbocycles. The lowest BCUT2D eigenvalue weighted by molar-refractivity contribution is 0.0696. The molecule has 0 spiro atoms. The molecule has 1 aliphatic carbocycles. The van der Waals surface area contributed by atoms with E-state index in [1.54, 1.807) is 12.1 Å². The predicted octanol–water partition coefficient (Wildman–Crippen LogP) is 5.71. The standard InChI is InChI=1S/C19H20ClNO3S/c1-11-7-5-6-10-13(11)17(22)21-18-15(19(23)24)14(16(20)25-18)12-8-3-2-4-9-12/h5-7,10,12H,2-4,8-9H2,1H3,(H,21,22)(H,23,24). The van der Waals surface area contributed by atoms with Crippen LogP contribution >= 0.6 is 22.9 Å². The summed E-state index contributed by atoms with van der Waals surface area (Å²) in [6, 6.07) is 7.22. The SMILES string of the molecule is Cc1ccccc1C(=O)Nc1sc(Cl)c(C2CCCCC2)c1C(=O)O. The summed E-state index contributed by atoms with van der Waals surface area (Å²) in [6.45, 7) is 1.85. The Bertz CT molecular complexity index is 809. The van der Waals surface area contributed by atoms with E-state index in [9.17, 15) is 14.7 Å². The number of thiophene rings is 1. The molecule has 0 aliphatic heterocycles. The summed E-state index contributed by atoms with van der Waals surface area (Å²) in [7, 11) is 0. The molecule has 2 N–H and O–H groups in total. The molecule has 6 heteroatoms. The number of rotatable bonds is 4. The zero-order valence-corrected chi connectivity index (χ0v) is 15.5. The van der Waals surface area contributed by atoms with Crippen molar-refractivity contribution in [3.8, 4) is 0 Å². The van der Waals surface area contributed by atoms with Crippen LogP contribution in [0.25, 0.3) is 0 Å². The van der Waals surface area contributed by atoms with Gasteiger partial charge in [-0.1, -0.05) is 49.1 Å². The lowest BCUT2D eigenvalue weighted by atomic mass is 9.83. The molecule has 1 fully saturated rings. The number of anilines is 1. The van der Waals surface area contributed by atoms with Gasteiger partial charge in [-0.2, -0.15) is 0 Å². The molecule has 1 heterocycles. The highest BCUT2D eigenvalue weighted by Gasteiger charge is 2.30. The van der Waals surface area contributed by atoms with E-state index in [0.717, 1.165) is 42.6 Å². The summed E-state index contributed by atoms with van der Waals surface area (Å²) in [5.41, 5.74) is 2.22. The molecular weight excluding hydrogens is 358 g/mol. The van der Waals surface area contributed by atoms with Gasteiger partial charge in [-0.05, 0) is 37.3 Å². The summed E-state index contributed by atoms with van der Waals surface area (Å²) in [4.78, 5) is 24.4. The predicted molar refractivity (Wildman–Crippen MR) is 101 cm³/mol. The minimum atomic E-state index is -1.04. The lowest BCUT2D eigenvalue weighted by Gasteiger charge is -2.22. The van der Waals surface area contributed by atoms with E-state index < -0.39 is 5.97 Å². The maximum absolute atomic E-state index is 12.6. The van der Waals surface area contributed by atoms with Crippen molar-refractivity contribution < 1.29 is 14.7 Å². The molecular formula is C19H20ClNO3S. The second-order valence-corrected chi connectivity index (χ2v) is 8.03. The van der Waals surface area contributed by atoms with Crippen molar-refractivity contribution in [1.29, 1.82) is 0 Å². The van der Waals surface area contributed by atoms with E-state index in [1.807, 2.05) is 19.1 Å². The van der Waals surface area contributed by atoms with Crippen molar-refractivity contribution in [2.24, 2.45) is 0 Å². The fourth-order valence-corrected chi connectivity index (χ4v) is 4.95. The van der Waals surface area contributed by atoms with Gasteiger partial charge in [0, 0.05) is 11.1 Å². The zero-order valence-electron chi connectivity index (χ0n) is 14.0. The van der Waals surface area contributed by atoms with Gasteiger partial charge in [-0.25, -0.2) is 4.79 Å². The monoisotopic (exact) mass is 377 g/mol. The number of halogens is 1. The lowest BCUT2D eigenvalue weighted by Crippen LogP contribution is -2.16. The molecule has 1 aliphatic rings. The van der Waals surface area contributed by atoms with E-state index in [2.05, 4.69) is 5.32 Å². The second kappa shape index (κ2) is 7.58. The molecule has 2 aromatic rings. The Kier molecular flexibility index (Phi) is 5.45. The number of hydrogen-bond donors (Lipinski definition) is 2. The van der Waals surface area contributed by atoms with Crippen molar-refractivity contribution in [2.45, 2.75) is 44.9 Å². The van der Waals surface area contributed by atoms with Crippen LogP contribution in [0, 0.1) is 6.92 Å². The van der Waals surface area contributed by atoms with Crippen molar-refractivity contribution >= 4 is 39.8 Å². The molecule has 1 aromatic heterocycles. The number of carboxylic acids is 1. The third kappa shape index (κ3) is 3.72. The Labute approximate surface area is 155 Å². The van der Waals surface area contributed by atoms with Crippen molar-refractivity contribution in [1.82, 2.24) is 0 Å². The van der Waals surface area contributed by atoms with Crippen molar-refractivity contribution in [2.75, 3.05) is 5.32 Å². The van der Waals surface area contributed by atoms with Crippen LogP contribution in [-0.4, -0.2) is 17.0 Å². The first-order chi connectivity index (χ1) is 12.0. The molecule has 0 saturated heterocycles. The van der Waals surface area contributed by atoms with Crippen LogP contribution in [0.2, 0.25) is 4.34 Å². The van der Waals surface area contributed by atoms with E-state index in [1.165, 1.54) is 6.42 Å². The Balaban J connectivity index is 1.95. The van der Waals surface area contributed by atoms with Crippen LogP contribution in [-0.2, 0) is 0 Å². The minimum Gasteiger partial charge on any atom is -0.478 e. The van der Waals surface area contributed by atoms with E-state index in [0.29, 0.717) is 20.5 Å². The summed E-state index contributed by atoms with van der Waals surface area (Å²) in [5.74, 6) is -1.19. The maximum atomic E-state index is 12.6. The molecule has 0 bridgehead atoms. The van der Waals surface area contributed by atoms with Gasteiger partial charge in [0.1, 0.15) is 5.00 Å². The van der Waals surface area contributed by atoms with Crippen LogP contribution in [0.5, 0.6) is 0 Å². The summed E-state index contributed by atoms with van der Waals surface area (Å²) >= 11 is 7.54. The number of carbonyl (C=O) groups is 2. The van der Waals surface area contributed by atoms with Crippen LogP contribution in [0.3, 0.4) is 0 Å². The van der Waals surface area contributed by atoms with Gasteiger partial charge in [0.15, 0.2) is 0 Å². The molecule has 132 valence electrons. The smallest absolute Gasteiger partial charge is 0.339 e. The first-order valence-corrected chi connectivity index (χ1v) is 9.61. The highest BCUT2D eigenvalue weighted by atomic mass is 35.5. The molecule has 25 heavy (non-hydrogen) atoms.